The summed E-state index contributed by atoms with van der Waals surface area (Å²) < 4.78 is 5.13. The standard InChI is InChI=1S/C12H19NO3S/c1-8(17-3)4-5-13-7-10-6-11(12(14)15)16-9(10)2/h6,8,13H,4-5,7H2,1-3H3,(H,14,15). The van der Waals surface area contributed by atoms with Crippen molar-refractivity contribution < 1.29 is 14.3 Å². The van der Waals surface area contributed by atoms with E-state index in [9.17, 15) is 4.79 Å². The van der Waals surface area contributed by atoms with E-state index in [0.717, 1.165) is 18.5 Å². The van der Waals surface area contributed by atoms with E-state index in [-0.39, 0.29) is 5.76 Å². The summed E-state index contributed by atoms with van der Waals surface area (Å²) in [6, 6.07) is 1.59. The highest BCUT2D eigenvalue weighted by molar-refractivity contribution is 7.99. The number of aryl methyl sites for hydroxylation is 1. The zero-order valence-corrected chi connectivity index (χ0v) is 11.3. The van der Waals surface area contributed by atoms with Gasteiger partial charge in [0.1, 0.15) is 5.76 Å². The number of furan rings is 1. The molecule has 0 aliphatic heterocycles. The largest absolute Gasteiger partial charge is 0.475 e. The number of hydrogen-bond donors (Lipinski definition) is 2. The number of rotatable bonds is 7. The molecule has 0 amide bonds. The average molecular weight is 257 g/mol. The summed E-state index contributed by atoms with van der Waals surface area (Å²) in [6.45, 7) is 5.56. The Morgan fingerprint density at radius 1 is 1.65 bits per heavy atom. The molecule has 1 atom stereocenters. The van der Waals surface area contributed by atoms with Crippen LogP contribution >= 0.6 is 11.8 Å². The molecule has 1 heterocycles. The minimum absolute atomic E-state index is 0.0109. The van der Waals surface area contributed by atoms with E-state index in [1.807, 2.05) is 11.8 Å². The van der Waals surface area contributed by atoms with Gasteiger partial charge in [-0.2, -0.15) is 11.8 Å². The molecule has 96 valence electrons. The fraction of sp³-hybridized carbons (Fsp3) is 0.583. The van der Waals surface area contributed by atoms with Gasteiger partial charge in [-0.3, -0.25) is 0 Å². The first-order chi connectivity index (χ1) is 8.04. The molecule has 1 rings (SSSR count). The second-order valence-corrected chi connectivity index (χ2v) is 5.29. The SMILES string of the molecule is CSC(C)CCNCc1cc(C(=O)O)oc1C. The third-order valence-electron chi connectivity index (χ3n) is 2.68. The molecule has 0 fully saturated rings. The molecule has 2 N–H and O–H groups in total. The molecule has 0 bridgehead atoms. The van der Waals surface area contributed by atoms with E-state index < -0.39 is 5.97 Å². The van der Waals surface area contributed by atoms with E-state index in [4.69, 9.17) is 9.52 Å². The monoisotopic (exact) mass is 257 g/mol. The Balaban J connectivity index is 2.39. The van der Waals surface area contributed by atoms with Gasteiger partial charge in [0, 0.05) is 17.4 Å². The summed E-state index contributed by atoms with van der Waals surface area (Å²) >= 11 is 1.85. The number of nitrogens with one attached hydrogen (secondary N) is 1. The van der Waals surface area contributed by atoms with Crippen molar-refractivity contribution >= 4 is 17.7 Å². The maximum absolute atomic E-state index is 10.7. The van der Waals surface area contributed by atoms with Crippen molar-refractivity contribution in [2.24, 2.45) is 0 Å². The number of thioether (sulfide) groups is 1. The molecule has 0 saturated carbocycles. The number of aromatic carboxylic acids is 1. The summed E-state index contributed by atoms with van der Waals surface area (Å²) in [5, 5.41) is 12.7. The number of carboxylic acid groups (broad SMARTS) is 1. The van der Waals surface area contributed by atoms with Crippen molar-refractivity contribution in [3.63, 3.8) is 0 Å². The molecule has 0 aromatic carbocycles. The first-order valence-corrected chi connectivity index (χ1v) is 6.89. The number of carbonyl (C=O) groups is 1. The van der Waals surface area contributed by atoms with E-state index in [1.165, 1.54) is 0 Å². The highest BCUT2D eigenvalue weighted by Crippen LogP contribution is 2.14. The van der Waals surface area contributed by atoms with E-state index in [0.29, 0.717) is 17.6 Å². The summed E-state index contributed by atoms with van der Waals surface area (Å²) in [7, 11) is 0. The molecule has 0 aliphatic rings. The van der Waals surface area contributed by atoms with Gasteiger partial charge in [0.25, 0.3) is 0 Å². The Hall–Kier alpha value is -0.940. The van der Waals surface area contributed by atoms with Gasteiger partial charge in [-0.1, -0.05) is 6.92 Å². The van der Waals surface area contributed by atoms with Crippen LogP contribution in [0.15, 0.2) is 10.5 Å². The lowest BCUT2D eigenvalue weighted by Crippen LogP contribution is -2.17. The first kappa shape index (κ1) is 14.1. The fourth-order valence-corrected chi connectivity index (χ4v) is 1.80. The van der Waals surface area contributed by atoms with Gasteiger partial charge in [0.05, 0.1) is 0 Å². The van der Waals surface area contributed by atoms with Gasteiger partial charge >= 0.3 is 5.97 Å². The second kappa shape index (κ2) is 6.71. The maximum Gasteiger partial charge on any atom is 0.371 e. The molecule has 5 heteroatoms. The van der Waals surface area contributed by atoms with Crippen molar-refractivity contribution in [3.05, 3.63) is 23.2 Å². The van der Waals surface area contributed by atoms with Gasteiger partial charge in [-0.05, 0) is 32.2 Å². The predicted octanol–water partition coefficient (Wildman–Crippen LogP) is 2.52. The Morgan fingerprint density at radius 3 is 2.88 bits per heavy atom. The zero-order valence-electron chi connectivity index (χ0n) is 10.4. The van der Waals surface area contributed by atoms with Crippen molar-refractivity contribution in [1.29, 1.82) is 0 Å². The maximum atomic E-state index is 10.7. The molecule has 17 heavy (non-hydrogen) atoms. The number of carboxylic acids is 1. The molecular formula is C12H19NO3S. The second-order valence-electron chi connectivity index (χ2n) is 4.01. The first-order valence-electron chi connectivity index (χ1n) is 5.60. The molecule has 4 nitrogen and oxygen atoms in total. The molecular weight excluding hydrogens is 238 g/mol. The van der Waals surface area contributed by atoms with Crippen LogP contribution in [0.25, 0.3) is 0 Å². The Labute approximate surface area is 106 Å². The van der Waals surface area contributed by atoms with Crippen LogP contribution in [-0.4, -0.2) is 29.1 Å². The lowest BCUT2D eigenvalue weighted by Gasteiger charge is -2.08. The normalized spacial score (nSPS) is 12.6. The molecule has 0 saturated heterocycles. The molecule has 1 aromatic rings. The van der Waals surface area contributed by atoms with Crippen LogP contribution < -0.4 is 5.32 Å². The Morgan fingerprint density at radius 2 is 2.35 bits per heavy atom. The molecule has 0 aliphatic carbocycles. The smallest absolute Gasteiger partial charge is 0.371 e. The van der Waals surface area contributed by atoms with Crippen molar-refractivity contribution in [2.45, 2.75) is 32.1 Å². The van der Waals surface area contributed by atoms with Gasteiger partial charge in [-0.15, -0.1) is 0 Å². The Bertz CT molecular complexity index is 376. The summed E-state index contributed by atoms with van der Waals surface area (Å²) in [5.41, 5.74) is 0.916. The van der Waals surface area contributed by atoms with E-state index in [1.54, 1.807) is 13.0 Å². The van der Waals surface area contributed by atoms with Gasteiger partial charge in [0.2, 0.25) is 5.76 Å². The van der Waals surface area contributed by atoms with Crippen LogP contribution in [0.3, 0.4) is 0 Å². The van der Waals surface area contributed by atoms with Gasteiger partial charge in [0.15, 0.2) is 0 Å². The third kappa shape index (κ3) is 4.44. The lowest BCUT2D eigenvalue weighted by atomic mass is 10.2. The molecule has 1 aromatic heterocycles. The molecule has 1 unspecified atom stereocenters. The van der Waals surface area contributed by atoms with Crippen molar-refractivity contribution in [2.75, 3.05) is 12.8 Å². The zero-order chi connectivity index (χ0) is 12.8. The van der Waals surface area contributed by atoms with Crippen LogP contribution in [-0.2, 0) is 6.54 Å². The van der Waals surface area contributed by atoms with Gasteiger partial charge in [-0.25, -0.2) is 4.79 Å². The topological polar surface area (TPSA) is 62.5 Å². The highest BCUT2D eigenvalue weighted by atomic mass is 32.2. The van der Waals surface area contributed by atoms with E-state index in [2.05, 4.69) is 18.5 Å². The van der Waals surface area contributed by atoms with E-state index >= 15 is 0 Å². The van der Waals surface area contributed by atoms with Crippen LogP contribution in [0.2, 0.25) is 0 Å². The van der Waals surface area contributed by atoms with Crippen LogP contribution in [0.5, 0.6) is 0 Å². The van der Waals surface area contributed by atoms with Crippen LogP contribution in [0, 0.1) is 6.92 Å². The highest BCUT2D eigenvalue weighted by Gasteiger charge is 2.12. The summed E-state index contributed by atoms with van der Waals surface area (Å²) in [4.78, 5) is 10.7. The summed E-state index contributed by atoms with van der Waals surface area (Å²) in [5.74, 6) is -0.333. The van der Waals surface area contributed by atoms with Crippen LogP contribution in [0.4, 0.5) is 0 Å². The summed E-state index contributed by atoms with van der Waals surface area (Å²) in [6.07, 6.45) is 3.20. The minimum Gasteiger partial charge on any atom is -0.475 e. The molecule has 0 spiro atoms. The Kier molecular flexibility index (Phi) is 5.58. The van der Waals surface area contributed by atoms with Gasteiger partial charge < -0.3 is 14.8 Å². The predicted molar refractivity (Wildman–Crippen MR) is 69.7 cm³/mol. The van der Waals surface area contributed by atoms with Crippen LogP contribution in [0.1, 0.15) is 35.2 Å². The lowest BCUT2D eigenvalue weighted by molar-refractivity contribution is 0.0661. The average Bonchev–Trinajstić information content (AvgIpc) is 2.66. The van der Waals surface area contributed by atoms with Crippen molar-refractivity contribution in [3.8, 4) is 0 Å². The molecule has 0 radical (unpaired) electrons. The van der Waals surface area contributed by atoms with Crippen molar-refractivity contribution in [1.82, 2.24) is 5.32 Å². The minimum atomic E-state index is -1.02. The fourth-order valence-electron chi connectivity index (χ4n) is 1.45. The quantitative estimate of drug-likeness (QED) is 0.735. The third-order valence-corrected chi connectivity index (χ3v) is 3.72. The number of hydrogen-bond acceptors (Lipinski definition) is 4.